The molecule has 4 heteroatoms. The van der Waals surface area contributed by atoms with Crippen molar-refractivity contribution < 1.29 is 4.74 Å². The molecule has 1 aromatic rings. The Bertz CT molecular complexity index is 250. The minimum atomic E-state index is 0.160. The maximum absolute atomic E-state index is 5.47. The molecule has 1 atom stereocenters. The largest absolute Gasteiger partial charge is 0.377 e. The number of hydrogen-bond donors (Lipinski definition) is 1. The van der Waals surface area contributed by atoms with Crippen LogP contribution in [-0.4, -0.2) is 24.2 Å². The first-order chi connectivity index (χ1) is 6.24. The number of aryl methyl sites for hydroxylation is 1. The third kappa shape index (κ3) is 3.42. The summed E-state index contributed by atoms with van der Waals surface area (Å²) in [5.74, 6) is 0. The van der Waals surface area contributed by atoms with Crippen molar-refractivity contribution in [2.24, 2.45) is 5.73 Å². The van der Waals surface area contributed by atoms with Gasteiger partial charge in [-0.15, -0.1) is 11.3 Å². The maximum atomic E-state index is 5.47. The SMILES string of the molecule is Cc1ncsc1CCOC(C)CN. The van der Waals surface area contributed by atoms with Crippen molar-refractivity contribution in [3.8, 4) is 0 Å². The zero-order valence-corrected chi connectivity index (χ0v) is 8.93. The van der Waals surface area contributed by atoms with Crippen LogP contribution in [0.25, 0.3) is 0 Å². The minimum absolute atomic E-state index is 0.160. The Labute approximate surface area is 82.9 Å². The minimum Gasteiger partial charge on any atom is -0.377 e. The average molecular weight is 200 g/mol. The van der Waals surface area contributed by atoms with Crippen LogP contribution in [0.4, 0.5) is 0 Å². The zero-order valence-electron chi connectivity index (χ0n) is 8.12. The van der Waals surface area contributed by atoms with Crippen LogP contribution in [0.15, 0.2) is 5.51 Å². The molecule has 0 radical (unpaired) electrons. The second kappa shape index (κ2) is 5.32. The van der Waals surface area contributed by atoms with Gasteiger partial charge in [0, 0.05) is 17.8 Å². The van der Waals surface area contributed by atoms with E-state index in [1.807, 2.05) is 19.4 Å². The van der Waals surface area contributed by atoms with Gasteiger partial charge in [-0.25, -0.2) is 4.98 Å². The molecule has 74 valence electrons. The van der Waals surface area contributed by atoms with Crippen LogP contribution < -0.4 is 5.73 Å². The molecule has 0 spiro atoms. The number of nitrogens with two attached hydrogens (primary N) is 1. The first-order valence-electron chi connectivity index (χ1n) is 4.44. The molecule has 0 saturated heterocycles. The van der Waals surface area contributed by atoms with E-state index in [1.54, 1.807) is 11.3 Å². The molecule has 1 unspecified atom stereocenters. The normalized spacial score (nSPS) is 13.2. The molecule has 1 heterocycles. The number of rotatable bonds is 5. The highest BCUT2D eigenvalue weighted by molar-refractivity contribution is 7.09. The van der Waals surface area contributed by atoms with Crippen LogP contribution in [0.1, 0.15) is 17.5 Å². The molecule has 1 rings (SSSR count). The van der Waals surface area contributed by atoms with Crippen molar-refractivity contribution in [2.75, 3.05) is 13.2 Å². The van der Waals surface area contributed by atoms with Gasteiger partial charge in [-0.2, -0.15) is 0 Å². The summed E-state index contributed by atoms with van der Waals surface area (Å²) in [5.41, 5.74) is 8.42. The molecule has 0 aliphatic carbocycles. The van der Waals surface area contributed by atoms with E-state index in [2.05, 4.69) is 4.98 Å². The summed E-state index contributed by atoms with van der Waals surface area (Å²) >= 11 is 1.69. The number of thiazole rings is 1. The fourth-order valence-electron chi connectivity index (χ4n) is 0.987. The number of hydrogen-bond acceptors (Lipinski definition) is 4. The van der Waals surface area contributed by atoms with Crippen LogP contribution in [0, 0.1) is 6.92 Å². The molecule has 13 heavy (non-hydrogen) atoms. The lowest BCUT2D eigenvalue weighted by Gasteiger charge is -2.09. The molecule has 0 aliphatic heterocycles. The predicted octanol–water partition coefficient (Wildman–Crippen LogP) is 1.36. The molecule has 0 aromatic carbocycles. The number of aromatic nitrogens is 1. The van der Waals surface area contributed by atoms with Gasteiger partial charge in [0.05, 0.1) is 23.9 Å². The Morgan fingerprint density at radius 1 is 1.69 bits per heavy atom. The molecule has 0 fully saturated rings. The molecule has 3 nitrogen and oxygen atoms in total. The summed E-state index contributed by atoms with van der Waals surface area (Å²) in [4.78, 5) is 5.48. The zero-order chi connectivity index (χ0) is 9.68. The number of nitrogens with zero attached hydrogens (tertiary/aromatic N) is 1. The fourth-order valence-corrected chi connectivity index (χ4v) is 1.75. The Morgan fingerprint density at radius 2 is 2.46 bits per heavy atom. The van der Waals surface area contributed by atoms with Crippen LogP contribution >= 0.6 is 11.3 Å². The van der Waals surface area contributed by atoms with Crippen molar-refractivity contribution >= 4 is 11.3 Å². The van der Waals surface area contributed by atoms with Gasteiger partial charge in [0.1, 0.15) is 0 Å². The van der Waals surface area contributed by atoms with Gasteiger partial charge in [0.2, 0.25) is 0 Å². The Morgan fingerprint density at radius 3 is 3.00 bits per heavy atom. The van der Waals surface area contributed by atoms with E-state index in [1.165, 1.54) is 4.88 Å². The van der Waals surface area contributed by atoms with E-state index >= 15 is 0 Å². The van der Waals surface area contributed by atoms with E-state index in [0.29, 0.717) is 6.54 Å². The van der Waals surface area contributed by atoms with E-state index in [-0.39, 0.29) is 6.10 Å². The monoisotopic (exact) mass is 200 g/mol. The summed E-state index contributed by atoms with van der Waals surface area (Å²) in [7, 11) is 0. The molecule has 0 saturated carbocycles. The second-order valence-electron chi connectivity index (χ2n) is 3.03. The summed E-state index contributed by atoms with van der Waals surface area (Å²) < 4.78 is 5.47. The smallest absolute Gasteiger partial charge is 0.0797 e. The first-order valence-corrected chi connectivity index (χ1v) is 5.32. The first kappa shape index (κ1) is 10.6. The standard InChI is InChI=1S/C9H16N2OS/c1-7(5-10)12-4-3-9-8(2)11-6-13-9/h6-7H,3-5,10H2,1-2H3. The molecule has 0 aliphatic rings. The van der Waals surface area contributed by atoms with Crippen molar-refractivity contribution in [3.63, 3.8) is 0 Å². The lowest BCUT2D eigenvalue weighted by molar-refractivity contribution is 0.0746. The summed E-state index contributed by atoms with van der Waals surface area (Å²) in [6.07, 6.45) is 1.11. The summed E-state index contributed by atoms with van der Waals surface area (Å²) in [6, 6.07) is 0. The van der Waals surface area contributed by atoms with Crippen molar-refractivity contribution in [1.82, 2.24) is 4.98 Å². The highest BCUT2D eigenvalue weighted by Crippen LogP contribution is 2.12. The Kier molecular flexibility index (Phi) is 4.35. The lowest BCUT2D eigenvalue weighted by Crippen LogP contribution is -2.20. The van der Waals surface area contributed by atoms with E-state index in [4.69, 9.17) is 10.5 Å². The van der Waals surface area contributed by atoms with Crippen LogP contribution in [0.3, 0.4) is 0 Å². The maximum Gasteiger partial charge on any atom is 0.0797 e. The predicted molar refractivity (Wildman–Crippen MR) is 55.0 cm³/mol. The molecule has 1 aromatic heterocycles. The number of ether oxygens (including phenoxy) is 1. The third-order valence-corrected chi connectivity index (χ3v) is 2.90. The van der Waals surface area contributed by atoms with E-state index in [9.17, 15) is 0 Å². The molecule has 2 N–H and O–H groups in total. The van der Waals surface area contributed by atoms with Crippen LogP contribution in [-0.2, 0) is 11.2 Å². The Balaban J connectivity index is 2.24. The summed E-state index contributed by atoms with van der Waals surface area (Å²) in [6.45, 7) is 5.33. The molecule has 0 bridgehead atoms. The van der Waals surface area contributed by atoms with E-state index < -0.39 is 0 Å². The quantitative estimate of drug-likeness (QED) is 0.780. The highest BCUT2D eigenvalue weighted by Gasteiger charge is 2.02. The highest BCUT2D eigenvalue weighted by atomic mass is 32.1. The van der Waals surface area contributed by atoms with Gasteiger partial charge >= 0.3 is 0 Å². The van der Waals surface area contributed by atoms with Gasteiger partial charge in [-0.05, 0) is 13.8 Å². The van der Waals surface area contributed by atoms with Crippen molar-refractivity contribution in [1.29, 1.82) is 0 Å². The van der Waals surface area contributed by atoms with E-state index in [0.717, 1.165) is 18.7 Å². The van der Waals surface area contributed by atoms with Gasteiger partial charge in [-0.3, -0.25) is 0 Å². The van der Waals surface area contributed by atoms with Gasteiger partial charge in [-0.1, -0.05) is 0 Å². The fraction of sp³-hybridized carbons (Fsp3) is 0.667. The van der Waals surface area contributed by atoms with Gasteiger partial charge < -0.3 is 10.5 Å². The molecular weight excluding hydrogens is 184 g/mol. The molecular formula is C9H16N2OS. The molecule has 0 amide bonds. The third-order valence-electron chi connectivity index (χ3n) is 1.91. The van der Waals surface area contributed by atoms with Gasteiger partial charge in [0.15, 0.2) is 0 Å². The lowest BCUT2D eigenvalue weighted by atomic mass is 10.3. The summed E-state index contributed by atoms with van der Waals surface area (Å²) in [5, 5.41) is 0. The van der Waals surface area contributed by atoms with Crippen LogP contribution in [0.2, 0.25) is 0 Å². The van der Waals surface area contributed by atoms with Crippen molar-refractivity contribution in [2.45, 2.75) is 26.4 Å². The van der Waals surface area contributed by atoms with Gasteiger partial charge in [0.25, 0.3) is 0 Å². The second-order valence-corrected chi connectivity index (χ2v) is 3.97. The Hall–Kier alpha value is -0.450. The topological polar surface area (TPSA) is 48.1 Å². The van der Waals surface area contributed by atoms with Crippen molar-refractivity contribution in [3.05, 3.63) is 16.1 Å². The van der Waals surface area contributed by atoms with Crippen LogP contribution in [0.5, 0.6) is 0 Å². The average Bonchev–Trinajstić information content (AvgIpc) is 2.52.